The Balaban J connectivity index is 2.16. The Labute approximate surface area is 91.1 Å². The molecular formula is C11H9BrN2. The number of benzene rings is 1. The van der Waals surface area contributed by atoms with Crippen LogP contribution < -0.4 is 0 Å². The van der Waals surface area contributed by atoms with Crippen molar-refractivity contribution in [2.45, 2.75) is 6.42 Å². The maximum absolute atomic E-state index is 3.84. The van der Waals surface area contributed by atoms with E-state index in [-0.39, 0.29) is 0 Å². The molecular weight excluding hydrogens is 240 g/mol. The van der Waals surface area contributed by atoms with Crippen molar-refractivity contribution in [1.82, 2.24) is 10.2 Å². The molecule has 14 heavy (non-hydrogen) atoms. The summed E-state index contributed by atoms with van der Waals surface area (Å²) in [6.07, 6.45) is 4.42. The molecule has 0 N–H and O–H groups in total. The van der Waals surface area contributed by atoms with Crippen LogP contribution in [0.15, 0.2) is 47.2 Å². The van der Waals surface area contributed by atoms with Crippen LogP contribution in [0.25, 0.3) is 0 Å². The summed E-state index contributed by atoms with van der Waals surface area (Å²) in [5.74, 6) is 0. The second-order valence-corrected chi connectivity index (χ2v) is 3.97. The lowest BCUT2D eigenvalue weighted by Crippen LogP contribution is -1.89. The summed E-state index contributed by atoms with van der Waals surface area (Å²) in [5.41, 5.74) is 2.46. The lowest BCUT2D eigenvalue weighted by atomic mass is 10.1. The van der Waals surface area contributed by atoms with Crippen LogP contribution in [0.1, 0.15) is 11.1 Å². The third-order valence-corrected chi connectivity index (χ3v) is 2.50. The molecule has 1 heterocycles. The maximum atomic E-state index is 3.84. The third kappa shape index (κ3) is 2.39. The molecule has 0 fully saturated rings. The second-order valence-electron chi connectivity index (χ2n) is 3.05. The average Bonchev–Trinajstić information content (AvgIpc) is 2.23. The predicted octanol–water partition coefficient (Wildman–Crippen LogP) is 2.83. The molecule has 0 atom stereocenters. The van der Waals surface area contributed by atoms with Crippen molar-refractivity contribution < 1.29 is 0 Å². The molecule has 1 aromatic heterocycles. The second kappa shape index (κ2) is 4.33. The molecule has 0 amide bonds. The van der Waals surface area contributed by atoms with Crippen molar-refractivity contribution in [1.29, 1.82) is 0 Å². The average molecular weight is 249 g/mol. The van der Waals surface area contributed by atoms with E-state index in [4.69, 9.17) is 0 Å². The molecule has 2 aromatic rings. The smallest absolute Gasteiger partial charge is 0.0531 e. The van der Waals surface area contributed by atoms with Gasteiger partial charge in [0, 0.05) is 10.7 Å². The van der Waals surface area contributed by atoms with E-state index in [1.807, 2.05) is 18.2 Å². The number of hydrogen-bond donors (Lipinski definition) is 0. The van der Waals surface area contributed by atoms with Crippen LogP contribution in [-0.4, -0.2) is 10.2 Å². The Morgan fingerprint density at radius 1 is 0.929 bits per heavy atom. The van der Waals surface area contributed by atoms with E-state index >= 15 is 0 Å². The van der Waals surface area contributed by atoms with Gasteiger partial charge in [0.05, 0.1) is 6.20 Å². The lowest BCUT2D eigenvalue weighted by Gasteiger charge is -2.00. The summed E-state index contributed by atoms with van der Waals surface area (Å²) < 4.78 is 1.11. The largest absolute Gasteiger partial charge is 0.159 e. The monoisotopic (exact) mass is 248 g/mol. The molecule has 0 aliphatic rings. The van der Waals surface area contributed by atoms with Crippen molar-refractivity contribution in [2.24, 2.45) is 0 Å². The molecule has 0 bridgehead atoms. The zero-order valence-electron chi connectivity index (χ0n) is 7.52. The molecule has 0 unspecified atom stereocenters. The van der Waals surface area contributed by atoms with Crippen molar-refractivity contribution >= 4 is 15.9 Å². The van der Waals surface area contributed by atoms with Gasteiger partial charge < -0.3 is 0 Å². The first kappa shape index (κ1) is 9.34. The summed E-state index contributed by atoms with van der Waals surface area (Å²) in [6, 6.07) is 10.3. The number of hydrogen-bond acceptors (Lipinski definition) is 2. The summed E-state index contributed by atoms with van der Waals surface area (Å²) in [7, 11) is 0. The Morgan fingerprint density at radius 3 is 2.36 bits per heavy atom. The first-order chi connectivity index (χ1) is 6.84. The third-order valence-electron chi connectivity index (χ3n) is 1.97. The summed E-state index contributed by atoms with van der Waals surface area (Å²) in [4.78, 5) is 0. The fourth-order valence-electron chi connectivity index (χ4n) is 1.26. The quantitative estimate of drug-likeness (QED) is 0.817. The van der Waals surface area contributed by atoms with E-state index in [0.717, 1.165) is 10.9 Å². The van der Waals surface area contributed by atoms with Gasteiger partial charge >= 0.3 is 0 Å². The number of rotatable bonds is 2. The number of aromatic nitrogens is 2. The highest BCUT2D eigenvalue weighted by molar-refractivity contribution is 9.10. The predicted molar refractivity (Wildman–Crippen MR) is 59.0 cm³/mol. The van der Waals surface area contributed by atoms with Gasteiger partial charge in [-0.3, -0.25) is 0 Å². The van der Waals surface area contributed by atoms with Crippen LogP contribution in [-0.2, 0) is 6.42 Å². The molecule has 0 aliphatic heterocycles. The first-order valence-corrected chi connectivity index (χ1v) is 5.14. The summed E-state index contributed by atoms with van der Waals surface area (Å²) >= 11 is 3.41. The Bertz CT molecular complexity index is 397. The minimum Gasteiger partial charge on any atom is -0.159 e. The maximum Gasteiger partial charge on any atom is 0.0531 e. The van der Waals surface area contributed by atoms with Gasteiger partial charge in [-0.2, -0.15) is 10.2 Å². The van der Waals surface area contributed by atoms with E-state index in [1.54, 1.807) is 12.4 Å². The molecule has 3 heteroatoms. The highest BCUT2D eigenvalue weighted by Crippen LogP contribution is 2.13. The molecule has 0 spiro atoms. The molecule has 0 saturated carbocycles. The molecule has 2 nitrogen and oxygen atoms in total. The van der Waals surface area contributed by atoms with Crippen LogP contribution in [0.3, 0.4) is 0 Å². The molecule has 2 rings (SSSR count). The first-order valence-electron chi connectivity index (χ1n) is 4.34. The van der Waals surface area contributed by atoms with Gasteiger partial charge in [-0.1, -0.05) is 28.1 Å². The van der Waals surface area contributed by atoms with Crippen LogP contribution in [0, 0.1) is 0 Å². The van der Waals surface area contributed by atoms with Gasteiger partial charge in [-0.25, -0.2) is 0 Å². The Morgan fingerprint density at radius 2 is 1.71 bits per heavy atom. The minimum absolute atomic E-state index is 0.906. The fourth-order valence-corrected chi connectivity index (χ4v) is 1.52. The van der Waals surface area contributed by atoms with Gasteiger partial charge in [0.1, 0.15) is 0 Å². The Kier molecular flexibility index (Phi) is 2.89. The summed E-state index contributed by atoms with van der Waals surface area (Å²) in [5, 5.41) is 7.58. The molecule has 70 valence electrons. The minimum atomic E-state index is 0.906. The highest BCUT2D eigenvalue weighted by Gasteiger charge is 1.95. The van der Waals surface area contributed by atoms with Gasteiger partial charge in [0.2, 0.25) is 0 Å². The fraction of sp³-hybridized carbons (Fsp3) is 0.0909. The van der Waals surface area contributed by atoms with E-state index in [0.29, 0.717) is 0 Å². The van der Waals surface area contributed by atoms with Gasteiger partial charge in [-0.05, 0) is 35.7 Å². The summed E-state index contributed by atoms with van der Waals surface area (Å²) in [6.45, 7) is 0. The normalized spacial score (nSPS) is 10.1. The van der Waals surface area contributed by atoms with E-state index in [1.165, 1.54) is 11.1 Å². The van der Waals surface area contributed by atoms with E-state index in [9.17, 15) is 0 Å². The van der Waals surface area contributed by atoms with Gasteiger partial charge in [0.15, 0.2) is 0 Å². The van der Waals surface area contributed by atoms with Crippen LogP contribution in [0.4, 0.5) is 0 Å². The van der Waals surface area contributed by atoms with Crippen LogP contribution in [0.5, 0.6) is 0 Å². The molecule has 1 aromatic carbocycles. The molecule has 0 saturated heterocycles. The van der Waals surface area contributed by atoms with E-state index < -0.39 is 0 Å². The topological polar surface area (TPSA) is 25.8 Å². The molecule has 0 aliphatic carbocycles. The number of halogens is 1. The Hall–Kier alpha value is -1.22. The van der Waals surface area contributed by atoms with Crippen molar-refractivity contribution in [3.8, 4) is 0 Å². The zero-order valence-corrected chi connectivity index (χ0v) is 9.11. The van der Waals surface area contributed by atoms with Gasteiger partial charge in [-0.15, -0.1) is 0 Å². The van der Waals surface area contributed by atoms with Crippen molar-refractivity contribution in [3.05, 3.63) is 58.3 Å². The van der Waals surface area contributed by atoms with Crippen LogP contribution in [0.2, 0.25) is 0 Å². The standard InChI is InChI=1S/C11H9BrN2/c12-11-3-1-9(2-4-11)7-10-5-6-13-14-8-10/h1-6,8H,7H2. The lowest BCUT2D eigenvalue weighted by molar-refractivity contribution is 0.994. The number of nitrogens with zero attached hydrogens (tertiary/aromatic N) is 2. The van der Waals surface area contributed by atoms with E-state index in [2.05, 4.69) is 38.3 Å². The molecule has 0 radical (unpaired) electrons. The zero-order chi connectivity index (χ0) is 9.80. The SMILES string of the molecule is Brc1ccc(Cc2ccnnc2)cc1. The van der Waals surface area contributed by atoms with Crippen LogP contribution >= 0.6 is 15.9 Å². The van der Waals surface area contributed by atoms with Gasteiger partial charge in [0.25, 0.3) is 0 Å². The highest BCUT2D eigenvalue weighted by atomic mass is 79.9. The van der Waals surface area contributed by atoms with Crippen molar-refractivity contribution in [2.75, 3.05) is 0 Å². The van der Waals surface area contributed by atoms with Crippen molar-refractivity contribution in [3.63, 3.8) is 0 Å².